The van der Waals surface area contributed by atoms with Crippen LogP contribution in [0.25, 0.3) is 0 Å². The number of carbonyl (C=O) groups is 1. The van der Waals surface area contributed by atoms with Gasteiger partial charge < -0.3 is 4.74 Å². The van der Waals surface area contributed by atoms with E-state index < -0.39 is 18.8 Å². The molecule has 0 amide bonds. The lowest BCUT2D eigenvalue weighted by molar-refractivity contribution is -0.158. The van der Waals surface area contributed by atoms with Gasteiger partial charge in [-0.15, -0.1) is 0 Å². The summed E-state index contributed by atoms with van der Waals surface area (Å²) in [5, 5.41) is 1.25. The molecule has 1 rings (SSSR count). The van der Waals surface area contributed by atoms with Gasteiger partial charge in [0, 0.05) is 6.54 Å². The molecule has 0 aliphatic heterocycles. The van der Waals surface area contributed by atoms with E-state index in [4.69, 9.17) is 0 Å². The topological polar surface area (TPSA) is 38.3 Å². The summed E-state index contributed by atoms with van der Waals surface area (Å²) in [5.74, 6) is -0.635. The van der Waals surface area contributed by atoms with Crippen molar-refractivity contribution in [1.29, 1.82) is 0 Å². The van der Waals surface area contributed by atoms with E-state index in [0.29, 0.717) is 5.56 Å². The monoisotopic (exact) mass is 233 g/mol. The van der Waals surface area contributed by atoms with E-state index in [1.807, 2.05) is 0 Å². The van der Waals surface area contributed by atoms with Gasteiger partial charge in [-0.1, -0.05) is 18.2 Å². The van der Waals surface area contributed by atoms with Crippen LogP contribution in [0.4, 0.5) is 13.2 Å². The predicted octanol–water partition coefficient (Wildman–Crippen LogP) is 1.95. The van der Waals surface area contributed by atoms with Crippen LogP contribution >= 0.6 is 0 Å². The quantitative estimate of drug-likeness (QED) is 0.490. The average molecular weight is 233 g/mol. The highest BCUT2D eigenvalue weighted by molar-refractivity contribution is 5.89. The SMILES string of the molecule is O=C(OCCNC(F)(F)F)c1ccccc1. The third kappa shape index (κ3) is 4.79. The van der Waals surface area contributed by atoms with Gasteiger partial charge in [0.25, 0.3) is 0 Å². The second-order valence-corrected chi connectivity index (χ2v) is 2.93. The molecule has 88 valence electrons. The zero-order chi connectivity index (χ0) is 12.0. The number of benzene rings is 1. The molecule has 3 nitrogen and oxygen atoms in total. The molecule has 1 aromatic rings. The molecule has 0 bridgehead atoms. The lowest BCUT2D eigenvalue weighted by atomic mass is 10.2. The van der Waals surface area contributed by atoms with Gasteiger partial charge in [0.2, 0.25) is 0 Å². The summed E-state index contributed by atoms with van der Waals surface area (Å²) >= 11 is 0. The fourth-order valence-electron chi connectivity index (χ4n) is 0.994. The molecular formula is C10H10F3NO2. The lowest BCUT2D eigenvalue weighted by Gasteiger charge is -2.08. The molecule has 1 aromatic carbocycles. The maximum absolute atomic E-state index is 11.7. The number of ether oxygens (including phenoxy) is 1. The van der Waals surface area contributed by atoms with E-state index >= 15 is 0 Å². The van der Waals surface area contributed by atoms with E-state index in [1.165, 1.54) is 17.4 Å². The lowest BCUT2D eigenvalue weighted by Crippen LogP contribution is -2.34. The molecule has 0 aliphatic carbocycles. The molecule has 0 atom stereocenters. The van der Waals surface area contributed by atoms with Crippen molar-refractivity contribution in [2.75, 3.05) is 13.2 Å². The zero-order valence-corrected chi connectivity index (χ0v) is 8.25. The number of hydrogen-bond donors (Lipinski definition) is 1. The molecule has 0 fully saturated rings. The third-order valence-electron chi connectivity index (χ3n) is 1.67. The summed E-state index contributed by atoms with van der Waals surface area (Å²) in [7, 11) is 0. The maximum atomic E-state index is 11.7. The second kappa shape index (κ2) is 5.50. The molecule has 1 N–H and O–H groups in total. The van der Waals surface area contributed by atoms with Crippen LogP contribution in [0.3, 0.4) is 0 Å². The molecule has 16 heavy (non-hydrogen) atoms. The Morgan fingerprint density at radius 2 is 1.88 bits per heavy atom. The number of halogens is 3. The Morgan fingerprint density at radius 3 is 2.44 bits per heavy atom. The molecule has 0 unspecified atom stereocenters. The highest BCUT2D eigenvalue weighted by Crippen LogP contribution is 2.08. The first-order chi connectivity index (χ1) is 7.49. The van der Waals surface area contributed by atoms with Gasteiger partial charge in [0.1, 0.15) is 6.61 Å². The first-order valence-corrected chi connectivity index (χ1v) is 4.53. The van der Waals surface area contributed by atoms with E-state index in [1.54, 1.807) is 18.2 Å². The van der Waals surface area contributed by atoms with Crippen LogP contribution in [0.1, 0.15) is 10.4 Å². The van der Waals surface area contributed by atoms with Crippen LogP contribution in [0.5, 0.6) is 0 Å². The smallest absolute Gasteiger partial charge is 0.457 e. The average Bonchev–Trinajstić information content (AvgIpc) is 2.24. The Morgan fingerprint density at radius 1 is 1.25 bits per heavy atom. The van der Waals surface area contributed by atoms with Crippen LogP contribution < -0.4 is 5.32 Å². The standard InChI is InChI=1S/C10H10F3NO2/c11-10(12,13)14-6-7-16-9(15)8-4-2-1-3-5-8/h1-5,14H,6-7H2. The highest BCUT2D eigenvalue weighted by atomic mass is 19.4. The normalized spacial score (nSPS) is 11.2. The summed E-state index contributed by atoms with van der Waals surface area (Å²) < 4.78 is 39.6. The van der Waals surface area contributed by atoms with Crippen LogP contribution in [-0.4, -0.2) is 25.4 Å². The summed E-state index contributed by atoms with van der Waals surface area (Å²) in [5.41, 5.74) is 0.314. The molecule has 0 heterocycles. The summed E-state index contributed by atoms with van der Waals surface area (Å²) in [6, 6.07) is 8.07. The first kappa shape index (κ1) is 12.5. The first-order valence-electron chi connectivity index (χ1n) is 4.53. The summed E-state index contributed by atoms with van der Waals surface area (Å²) in [6.45, 7) is -0.782. The minimum Gasteiger partial charge on any atom is -0.461 e. The van der Waals surface area contributed by atoms with Gasteiger partial charge in [-0.3, -0.25) is 0 Å². The van der Waals surface area contributed by atoms with Crippen LogP contribution in [-0.2, 0) is 4.74 Å². The molecule has 0 aromatic heterocycles. The third-order valence-corrected chi connectivity index (χ3v) is 1.67. The van der Waals surface area contributed by atoms with Crippen molar-refractivity contribution in [3.05, 3.63) is 35.9 Å². The van der Waals surface area contributed by atoms with Gasteiger partial charge in [-0.2, -0.15) is 13.2 Å². The van der Waals surface area contributed by atoms with Crippen LogP contribution in [0.15, 0.2) is 30.3 Å². The van der Waals surface area contributed by atoms with E-state index in [2.05, 4.69) is 4.74 Å². The van der Waals surface area contributed by atoms with Crippen LogP contribution in [0, 0.1) is 0 Å². The van der Waals surface area contributed by atoms with Crippen molar-refractivity contribution in [1.82, 2.24) is 5.32 Å². The van der Waals surface area contributed by atoms with Gasteiger partial charge >= 0.3 is 12.3 Å². The molecule has 0 saturated heterocycles. The van der Waals surface area contributed by atoms with Gasteiger partial charge in [0.05, 0.1) is 5.56 Å². The highest BCUT2D eigenvalue weighted by Gasteiger charge is 2.25. The van der Waals surface area contributed by atoms with Crippen molar-refractivity contribution in [2.24, 2.45) is 0 Å². The second-order valence-electron chi connectivity index (χ2n) is 2.93. The largest absolute Gasteiger partial charge is 0.461 e. The summed E-state index contributed by atoms with van der Waals surface area (Å²) in [4.78, 5) is 11.2. The number of alkyl halides is 3. The predicted molar refractivity (Wildman–Crippen MR) is 50.8 cm³/mol. The van der Waals surface area contributed by atoms with E-state index in [0.717, 1.165) is 0 Å². The molecule has 0 radical (unpaired) electrons. The number of hydrogen-bond acceptors (Lipinski definition) is 3. The van der Waals surface area contributed by atoms with Gasteiger partial charge in [-0.25, -0.2) is 10.1 Å². The van der Waals surface area contributed by atoms with Crippen molar-refractivity contribution >= 4 is 5.97 Å². The Labute approximate surface area is 90.2 Å². The molecule has 6 heteroatoms. The van der Waals surface area contributed by atoms with E-state index in [9.17, 15) is 18.0 Å². The van der Waals surface area contributed by atoms with Crippen LogP contribution in [0.2, 0.25) is 0 Å². The molecule has 0 saturated carbocycles. The molecular weight excluding hydrogens is 223 g/mol. The minimum atomic E-state index is -4.45. The number of carbonyl (C=O) groups excluding carboxylic acids is 1. The summed E-state index contributed by atoms with van der Waals surface area (Å²) in [6.07, 6.45) is -4.45. The molecule has 0 aliphatic rings. The van der Waals surface area contributed by atoms with Gasteiger partial charge in [-0.05, 0) is 12.1 Å². The Hall–Kier alpha value is -1.56. The number of rotatable bonds is 4. The zero-order valence-electron chi connectivity index (χ0n) is 8.25. The van der Waals surface area contributed by atoms with Crippen molar-refractivity contribution in [3.8, 4) is 0 Å². The van der Waals surface area contributed by atoms with Crippen molar-refractivity contribution < 1.29 is 22.7 Å². The Balaban J connectivity index is 2.27. The molecule has 0 spiro atoms. The Kier molecular flexibility index (Phi) is 4.30. The Bertz CT molecular complexity index is 338. The minimum absolute atomic E-state index is 0.314. The fraction of sp³-hybridized carbons (Fsp3) is 0.300. The maximum Gasteiger partial charge on any atom is 0.457 e. The fourth-order valence-corrected chi connectivity index (χ4v) is 0.994. The van der Waals surface area contributed by atoms with E-state index in [-0.39, 0.29) is 6.61 Å². The van der Waals surface area contributed by atoms with Crippen molar-refractivity contribution in [3.63, 3.8) is 0 Å². The number of esters is 1. The van der Waals surface area contributed by atoms with Crippen molar-refractivity contribution in [2.45, 2.75) is 6.30 Å². The van der Waals surface area contributed by atoms with Gasteiger partial charge in [0.15, 0.2) is 0 Å². The number of nitrogens with one attached hydrogen (secondary N) is 1.